The number of nitrogens with zero attached hydrogens (tertiary/aromatic N) is 2. The van der Waals surface area contributed by atoms with Crippen LogP contribution in [0.25, 0.3) is 21.8 Å². The van der Waals surface area contributed by atoms with E-state index in [0.29, 0.717) is 12.3 Å². The number of pyridine rings is 1. The number of rotatable bonds is 6. The Hall–Kier alpha value is -2.40. The summed E-state index contributed by atoms with van der Waals surface area (Å²) in [5, 5.41) is 3.00. The molecule has 0 atom stereocenters. The van der Waals surface area contributed by atoms with Gasteiger partial charge in [0.15, 0.2) is 0 Å². The summed E-state index contributed by atoms with van der Waals surface area (Å²) in [6.45, 7) is 2.84. The quantitative estimate of drug-likeness (QED) is 0.530. The Morgan fingerprint density at radius 3 is 2.70 bits per heavy atom. The van der Waals surface area contributed by atoms with Gasteiger partial charge in [-0.15, -0.1) is 11.3 Å². The van der Waals surface area contributed by atoms with Crippen LogP contribution in [0, 0.1) is 0 Å². The number of thiazole rings is 1. The van der Waals surface area contributed by atoms with E-state index >= 15 is 0 Å². The predicted octanol–water partition coefficient (Wildman–Crippen LogP) is 4.63. The van der Waals surface area contributed by atoms with E-state index in [9.17, 15) is 0 Å². The Morgan fingerprint density at radius 2 is 1.96 bits per heavy atom. The van der Waals surface area contributed by atoms with Crippen LogP contribution in [-0.4, -0.2) is 16.6 Å². The second-order valence-corrected chi connectivity index (χ2v) is 6.09. The number of nitrogens with two attached hydrogens (primary N) is 1. The third-order valence-electron chi connectivity index (χ3n) is 3.49. The zero-order chi connectivity index (χ0) is 16.1. The molecule has 0 aliphatic carbocycles. The SMILES string of the molecule is CCCCOc1ccc(-c2nc(-c3ccncc3)cs2)cc1N. The Balaban J connectivity index is 1.80. The lowest BCUT2D eigenvalue weighted by Gasteiger charge is -2.09. The first-order valence-electron chi connectivity index (χ1n) is 7.66. The summed E-state index contributed by atoms with van der Waals surface area (Å²) in [6.07, 6.45) is 5.68. The molecule has 23 heavy (non-hydrogen) atoms. The van der Waals surface area contributed by atoms with E-state index in [1.165, 1.54) is 0 Å². The van der Waals surface area contributed by atoms with E-state index < -0.39 is 0 Å². The minimum atomic E-state index is 0.652. The fourth-order valence-corrected chi connectivity index (χ4v) is 3.03. The number of hydrogen-bond acceptors (Lipinski definition) is 5. The Bertz CT molecular complexity index is 771. The van der Waals surface area contributed by atoms with Gasteiger partial charge in [-0.2, -0.15) is 0 Å². The molecular weight excluding hydrogens is 306 g/mol. The van der Waals surface area contributed by atoms with E-state index in [0.717, 1.165) is 40.4 Å². The Kier molecular flexibility index (Phi) is 4.88. The van der Waals surface area contributed by atoms with Crippen LogP contribution in [-0.2, 0) is 0 Å². The molecule has 0 saturated carbocycles. The normalized spacial score (nSPS) is 10.7. The molecule has 1 aromatic carbocycles. The van der Waals surface area contributed by atoms with Gasteiger partial charge in [0.05, 0.1) is 18.0 Å². The third kappa shape index (κ3) is 3.68. The second-order valence-electron chi connectivity index (χ2n) is 5.23. The number of ether oxygens (including phenoxy) is 1. The first-order chi connectivity index (χ1) is 11.3. The van der Waals surface area contributed by atoms with Gasteiger partial charge in [0, 0.05) is 28.9 Å². The molecule has 0 spiro atoms. The van der Waals surface area contributed by atoms with Gasteiger partial charge in [0.2, 0.25) is 0 Å². The van der Waals surface area contributed by atoms with Gasteiger partial charge in [0.1, 0.15) is 10.8 Å². The van der Waals surface area contributed by atoms with Crippen LogP contribution in [0.1, 0.15) is 19.8 Å². The van der Waals surface area contributed by atoms with Crippen LogP contribution in [0.2, 0.25) is 0 Å². The Morgan fingerprint density at radius 1 is 1.13 bits per heavy atom. The highest BCUT2D eigenvalue weighted by Crippen LogP contribution is 2.32. The summed E-state index contributed by atoms with van der Waals surface area (Å²) < 4.78 is 5.69. The molecule has 2 aromatic heterocycles. The fraction of sp³-hybridized carbons (Fsp3) is 0.222. The first-order valence-corrected chi connectivity index (χ1v) is 8.54. The lowest BCUT2D eigenvalue weighted by Crippen LogP contribution is -2.00. The summed E-state index contributed by atoms with van der Waals surface area (Å²) in [6, 6.07) is 9.77. The monoisotopic (exact) mass is 325 g/mol. The molecule has 0 fully saturated rings. The maximum absolute atomic E-state index is 6.10. The number of unbranched alkanes of at least 4 members (excludes halogenated alkanes) is 1. The van der Waals surface area contributed by atoms with E-state index in [-0.39, 0.29) is 0 Å². The molecule has 0 saturated heterocycles. The molecule has 3 rings (SSSR count). The molecular formula is C18H19N3OS. The highest BCUT2D eigenvalue weighted by atomic mass is 32.1. The van der Waals surface area contributed by atoms with E-state index in [1.807, 2.05) is 35.7 Å². The van der Waals surface area contributed by atoms with Crippen molar-refractivity contribution < 1.29 is 4.74 Å². The van der Waals surface area contributed by atoms with E-state index in [2.05, 4.69) is 11.9 Å². The molecule has 0 amide bonds. The molecule has 0 bridgehead atoms. The molecule has 118 valence electrons. The summed E-state index contributed by atoms with van der Waals surface area (Å²) >= 11 is 1.61. The van der Waals surface area contributed by atoms with Gasteiger partial charge >= 0.3 is 0 Å². The van der Waals surface area contributed by atoms with Crippen molar-refractivity contribution in [2.24, 2.45) is 0 Å². The molecule has 3 aromatic rings. The average Bonchev–Trinajstić information content (AvgIpc) is 3.07. The van der Waals surface area contributed by atoms with Crippen molar-refractivity contribution in [2.45, 2.75) is 19.8 Å². The number of benzene rings is 1. The highest BCUT2D eigenvalue weighted by Gasteiger charge is 2.09. The predicted molar refractivity (Wildman–Crippen MR) is 95.6 cm³/mol. The van der Waals surface area contributed by atoms with Crippen molar-refractivity contribution in [1.82, 2.24) is 9.97 Å². The van der Waals surface area contributed by atoms with Crippen molar-refractivity contribution in [2.75, 3.05) is 12.3 Å². The topological polar surface area (TPSA) is 61.0 Å². The van der Waals surface area contributed by atoms with Gasteiger partial charge in [-0.25, -0.2) is 4.98 Å². The van der Waals surface area contributed by atoms with Crippen molar-refractivity contribution in [3.05, 3.63) is 48.1 Å². The molecule has 0 radical (unpaired) electrons. The van der Waals surface area contributed by atoms with Gasteiger partial charge in [-0.05, 0) is 36.8 Å². The number of aromatic nitrogens is 2. The Labute approximate surface area is 140 Å². The van der Waals surface area contributed by atoms with Crippen LogP contribution >= 0.6 is 11.3 Å². The molecule has 0 aliphatic rings. The third-order valence-corrected chi connectivity index (χ3v) is 4.38. The lowest BCUT2D eigenvalue weighted by atomic mass is 10.2. The zero-order valence-corrected chi connectivity index (χ0v) is 13.8. The molecule has 5 heteroatoms. The second kappa shape index (κ2) is 7.24. The molecule has 4 nitrogen and oxygen atoms in total. The number of nitrogen functional groups attached to an aromatic ring is 1. The lowest BCUT2D eigenvalue weighted by molar-refractivity contribution is 0.311. The van der Waals surface area contributed by atoms with Gasteiger partial charge < -0.3 is 10.5 Å². The average molecular weight is 325 g/mol. The maximum atomic E-state index is 6.10. The molecule has 2 heterocycles. The zero-order valence-electron chi connectivity index (χ0n) is 13.0. The van der Waals surface area contributed by atoms with Gasteiger partial charge in [0.25, 0.3) is 0 Å². The minimum Gasteiger partial charge on any atom is -0.491 e. The van der Waals surface area contributed by atoms with Crippen molar-refractivity contribution in [3.8, 4) is 27.6 Å². The van der Waals surface area contributed by atoms with Gasteiger partial charge in [-0.1, -0.05) is 13.3 Å². The highest BCUT2D eigenvalue weighted by molar-refractivity contribution is 7.13. The fourth-order valence-electron chi connectivity index (χ4n) is 2.20. The largest absolute Gasteiger partial charge is 0.491 e. The molecule has 0 unspecified atom stereocenters. The van der Waals surface area contributed by atoms with Crippen molar-refractivity contribution >= 4 is 17.0 Å². The summed E-state index contributed by atoms with van der Waals surface area (Å²) in [5.41, 5.74) is 9.78. The van der Waals surface area contributed by atoms with Crippen molar-refractivity contribution in [1.29, 1.82) is 0 Å². The van der Waals surface area contributed by atoms with E-state index in [4.69, 9.17) is 15.5 Å². The smallest absolute Gasteiger partial charge is 0.142 e. The van der Waals surface area contributed by atoms with E-state index in [1.54, 1.807) is 23.7 Å². The maximum Gasteiger partial charge on any atom is 0.142 e. The summed E-state index contributed by atoms with van der Waals surface area (Å²) in [4.78, 5) is 8.72. The first kappa shape index (κ1) is 15.5. The van der Waals surface area contributed by atoms with Crippen molar-refractivity contribution in [3.63, 3.8) is 0 Å². The van der Waals surface area contributed by atoms with Crippen LogP contribution in [0.3, 0.4) is 0 Å². The van der Waals surface area contributed by atoms with Gasteiger partial charge in [-0.3, -0.25) is 4.98 Å². The minimum absolute atomic E-state index is 0.652. The van der Waals surface area contributed by atoms with Crippen LogP contribution < -0.4 is 10.5 Å². The molecule has 0 aliphatic heterocycles. The number of anilines is 1. The standard InChI is InChI=1S/C18H19N3OS/c1-2-3-10-22-17-5-4-14(11-15(17)19)18-21-16(12-23-18)13-6-8-20-9-7-13/h4-9,11-12H,2-3,10,19H2,1H3. The molecule has 2 N–H and O–H groups in total. The summed E-state index contributed by atoms with van der Waals surface area (Å²) in [7, 11) is 0. The summed E-state index contributed by atoms with van der Waals surface area (Å²) in [5.74, 6) is 0.744. The number of hydrogen-bond donors (Lipinski definition) is 1. The van der Waals surface area contributed by atoms with Crippen LogP contribution in [0.15, 0.2) is 48.1 Å². The van der Waals surface area contributed by atoms with Crippen LogP contribution in [0.5, 0.6) is 5.75 Å². The van der Waals surface area contributed by atoms with Crippen LogP contribution in [0.4, 0.5) is 5.69 Å².